The normalized spacial score (nSPS) is 13.0. The molecule has 0 aliphatic carbocycles. The molecular formula is C4H7O2S. The van der Waals surface area contributed by atoms with Gasteiger partial charge >= 0.3 is 5.97 Å². The lowest BCUT2D eigenvalue weighted by Crippen LogP contribution is -2.03. The minimum absolute atomic E-state index is 0.317. The van der Waals surface area contributed by atoms with Crippen molar-refractivity contribution in [3.05, 3.63) is 0 Å². The van der Waals surface area contributed by atoms with Crippen LogP contribution < -0.4 is 0 Å². The van der Waals surface area contributed by atoms with Gasteiger partial charge in [-0.15, -0.1) is 0 Å². The lowest BCUT2D eigenvalue weighted by Gasteiger charge is -1.99. The fraction of sp³-hybridized carbons (Fsp3) is 0.750. The smallest absolute Gasteiger partial charge is 0.303 e. The van der Waals surface area contributed by atoms with Crippen molar-refractivity contribution in [1.29, 1.82) is 0 Å². The molecule has 0 bridgehead atoms. The van der Waals surface area contributed by atoms with E-state index in [0.29, 0.717) is 0 Å². The summed E-state index contributed by atoms with van der Waals surface area (Å²) in [6.45, 7) is 2.97. The first-order valence-corrected chi connectivity index (χ1v) is 2.43. The van der Waals surface area contributed by atoms with Gasteiger partial charge in [0.25, 0.3) is 0 Å². The molecule has 3 heteroatoms. The summed E-state index contributed by atoms with van der Waals surface area (Å²) >= 11 is 4.51. The van der Waals surface area contributed by atoms with Crippen molar-refractivity contribution in [2.24, 2.45) is 0 Å². The molecule has 7 heavy (non-hydrogen) atoms. The zero-order valence-corrected chi connectivity index (χ0v) is 5.12. The molecule has 1 radical (unpaired) electrons. The third-order valence-electron chi connectivity index (χ3n) is 0.332. The Labute approximate surface area is 48.3 Å². The van der Waals surface area contributed by atoms with E-state index >= 15 is 0 Å². The largest absolute Gasteiger partial charge is 0.451 e. The molecule has 0 amide bonds. The molecule has 0 spiro atoms. The van der Waals surface area contributed by atoms with Gasteiger partial charge in [0.05, 0.1) is 0 Å². The van der Waals surface area contributed by atoms with E-state index in [1.165, 1.54) is 6.92 Å². The molecule has 2 nitrogen and oxygen atoms in total. The van der Waals surface area contributed by atoms with E-state index in [2.05, 4.69) is 17.4 Å². The lowest BCUT2D eigenvalue weighted by atomic mass is 10.8. The molecule has 0 aliphatic heterocycles. The highest BCUT2D eigenvalue weighted by atomic mass is 32.1. The average Bonchev–Trinajstić information content (AvgIpc) is 1.27. The van der Waals surface area contributed by atoms with Crippen LogP contribution in [0, 0.1) is 0 Å². The predicted molar refractivity (Wildman–Crippen MR) is 28.8 cm³/mol. The number of carbonyl (C=O) groups excluding carboxylic acids is 1. The SMILES string of the molecule is CC(=O)OC(C)[S]. The van der Waals surface area contributed by atoms with E-state index in [0.717, 1.165) is 0 Å². The standard InChI is InChI=1S/C4H7O2S/c1-3(5)6-4(2)7/h4H,1-2H3. The van der Waals surface area contributed by atoms with Gasteiger partial charge in [-0.2, -0.15) is 0 Å². The zero-order chi connectivity index (χ0) is 5.86. The topological polar surface area (TPSA) is 26.3 Å². The predicted octanol–water partition coefficient (Wildman–Crippen LogP) is 1.09. The van der Waals surface area contributed by atoms with Gasteiger partial charge < -0.3 is 4.74 Å². The molecule has 0 N–H and O–H groups in total. The fourth-order valence-electron chi connectivity index (χ4n) is 0.234. The van der Waals surface area contributed by atoms with Gasteiger partial charge in [-0.3, -0.25) is 4.79 Å². The van der Waals surface area contributed by atoms with Crippen molar-refractivity contribution < 1.29 is 9.53 Å². The van der Waals surface area contributed by atoms with Gasteiger partial charge in [0, 0.05) is 6.92 Å². The van der Waals surface area contributed by atoms with Crippen LogP contribution in [0.5, 0.6) is 0 Å². The van der Waals surface area contributed by atoms with Crippen LogP contribution in [0.15, 0.2) is 0 Å². The van der Waals surface area contributed by atoms with Crippen LogP contribution >= 0.6 is 12.6 Å². The number of carbonyl (C=O) groups is 1. The van der Waals surface area contributed by atoms with E-state index in [4.69, 9.17) is 0 Å². The summed E-state index contributed by atoms with van der Waals surface area (Å²) < 4.78 is 4.43. The Morgan fingerprint density at radius 3 is 2.29 bits per heavy atom. The average molecular weight is 119 g/mol. The minimum Gasteiger partial charge on any atom is -0.451 e. The maximum absolute atomic E-state index is 9.97. The second kappa shape index (κ2) is 2.91. The van der Waals surface area contributed by atoms with Gasteiger partial charge in [0.1, 0.15) is 0 Å². The number of rotatable bonds is 1. The maximum Gasteiger partial charge on any atom is 0.303 e. The lowest BCUT2D eigenvalue weighted by molar-refractivity contribution is -0.141. The van der Waals surface area contributed by atoms with Crippen molar-refractivity contribution in [2.45, 2.75) is 19.3 Å². The Morgan fingerprint density at radius 1 is 1.86 bits per heavy atom. The molecule has 0 heterocycles. The van der Waals surface area contributed by atoms with E-state index in [1.807, 2.05) is 0 Å². The van der Waals surface area contributed by atoms with Gasteiger partial charge in [0.15, 0.2) is 5.44 Å². The first-order valence-electron chi connectivity index (χ1n) is 1.96. The van der Waals surface area contributed by atoms with Crippen LogP contribution in [0.25, 0.3) is 0 Å². The molecule has 0 aliphatic rings. The van der Waals surface area contributed by atoms with Gasteiger partial charge in [-0.25, -0.2) is 0 Å². The summed E-state index contributed by atoms with van der Waals surface area (Å²) in [5.74, 6) is -0.317. The number of hydrogen-bond donors (Lipinski definition) is 0. The Balaban J connectivity index is 3.13. The number of esters is 1. The minimum atomic E-state index is -0.391. The Bertz CT molecular complexity index is 70.1. The van der Waals surface area contributed by atoms with Gasteiger partial charge in [-0.05, 0) is 19.6 Å². The van der Waals surface area contributed by atoms with Crippen LogP contribution in [-0.4, -0.2) is 11.4 Å². The van der Waals surface area contributed by atoms with E-state index in [9.17, 15) is 4.79 Å². The molecule has 0 aromatic heterocycles. The molecule has 0 saturated heterocycles. The summed E-state index contributed by atoms with van der Waals surface area (Å²) in [5.41, 5.74) is -0.391. The number of ether oxygens (including phenoxy) is 1. The summed E-state index contributed by atoms with van der Waals surface area (Å²) in [6, 6.07) is 0. The molecule has 0 aromatic rings. The highest BCUT2D eigenvalue weighted by Crippen LogP contribution is 1.93. The van der Waals surface area contributed by atoms with Crippen LogP contribution in [0.2, 0.25) is 0 Å². The van der Waals surface area contributed by atoms with Crippen LogP contribution in [0.4, 0.5) is 0 Å². The molecular weight excluding hydrogens is 112 g/mol. The third-order valence-corrected chi connectivity index (χ3v) is 0.428. The van der Waals surface area contributed by atoms with Gasteiger partial charge in [-0.1, -0.05) is 0 Å². The van der Waals surface area contributed by atoms with Crippen molar-refractivity contribution in [1.82, 2.24) is 0 Å². The number of hydrogen-bond acceptors (Lipinski definition) is 2. The second-order valence-electron chi connectivity index (χ2n) is 1.18. The monoisotopic (exact) mass is 119 g/mol. The molecule has 1 atom stereocenters. The quantitative estimate of drug-likeness (QED) is 0.483. The Morgan fingerprint density at radius 2 is 2.29 bits per heavy atom. The van der Waals surface area contributed by atoms with E-state index in [-0.39, 0.29) is 5.97 Å². The first kappa shape index (κ1) is 6.82. The van der Waals surface area contributed by atoms with Crippen LogP contribution in [-0.2, 0) is 9.53 Å². The van der Waals surface area contributed by atoms with Crippen molar-refractivity contribution >= 4 is 18.6 Å². The summed E-state index contributed by atoms with van der Waals surface area (Å²) in [6.07, 6.45) is 0. The van der Waals surface area contributed by atoms with Crippen LogP contribution in [0.1, 0.15) is 13.8 Å². The van der Waals surface area contributed by atoms with Crippen molar-refractivity contribution in [2.75, 3.05) is 0 Å². The third kappa shape index (κ3) is 5.82. The molecule has 0 aromatic carbocycles. The van der Waals surface area contributed by atoms with Crippen molar-refractivity contribution in [3.8, 4) is 0 Å². The van der Waals surface area contributed by atoms with Crippen LogP contribution in [0.3, 0.4) is 0 Å². The zero-order valence-electron chi connectivity index (χ0n) is 4.30. The second-order valence-corrected chi connectivity index (χ2v) is 1.84. The maximum atomic E-state index is 9.97. The summed E-state index contributed by atoms with van der Waals surface area (Å²) in [4.78, 5) is 9.97. The Hall–Kier alpha value is -0.180. The van der Waals surface area contributed by atoms with E-state index < -0.39 is 5.44 Å². The summed E-state index contributed by atoms with van der Waals surface area (Å²) in [5, 5.41) is 0. The van der Waals surface area contributed by atoms with Crippen molar-refractivity contribution in [3.63, 3.8) is 0 Å². The fourth-order valence-corrected chi connectivity index (χ4v) is 0.369. The molecule has 41 valence electrons. The van der Waals surface area contributed by atoms with E-state index in [1.54, 1.807) is 6.92 Å². The molecule has 0 fully saturated rings. The highest BCUT2D eigenvalue weighted by molar-refractivity contribution is 7.80. The summed E-state index contributed by atoms with van der Waals surface area (Å²) in [7, 11) is 0. The molecule has 1 unspecified atom stereocenters. The molecule has 0 saturated carbocycles. The highest BCUT2D eigenvalue weighted by Gasteiger charge is 1.95. The first-order chi connectivity index (χ1) is 3.13. The van der Waals surface area contributed by atoms with Gasteiger partial charge in [0.2, 0.25) is 0 Å². The Kier molecular flexibility index (Phi) is 2.83. The molecule has 0 rings (SSSR count).